The summed E-state index contributed by atoms with van der Waals surface area (Å²) in [7, 11) is 0. The lowest BCUT2D eigenvalue weighted by Gasteiger charge is -2.12. The van der Waals surface area contributed by atoms with Crippen molar-refractivity contribution in [3.63, 3.8) is 0 Å². The van der Waals surface area contributed by atoms with Crippen LogP contribution < -0.4 is 0 Å². The van der Waals surface area contributed by atoms with Crippen LogP contribution in [0.4, 0.5) is 0 Å². The van der Waals surface area contributed by atoms with E-state index in [9.17, 15) is 4.79 Å². The maximum Gasteiger partial charge on any atom is 0.228 e. The van der Waals surface area contributed by atoms with Gasteiger partial charge in [0, 0.05) is 0 Å². The lowest BCUT2D eigenvalue weighted by molar-refractivity contribution is 0.450. The van der Waals surface area contributed by atoms with E-state index in [1.165, 1.54) is 19.3 Å². The quantitative estimate of drug-likeness (QED) is 0.532. The monoisotopic (exact) mass is 167 g/mol. The van der Waals surface area contributed by atoms with Crippen LogP contribution in [-0.2, 0) is 4.79 Å². The Labute approximate surface area is 75.9 Å². The van der Waals surface area contributed by atoms with Crippen LogP contribution in [0.5, 0.6) is 0 Å². The van der Waals surface area contributed by atoms with Crippen LogP contribution in [0, 0.1) is 5.92 Å². The summed E-state index contributed by atoms with van der Waals surface area (Å²) in [6, 6.07) is 0. The van der Waals surface area contributed by atoms with Gasteiger partial charge in [-0.15, -0.1) is 0 Å². The van der Waals surface area contributed by atoms with Crippen molar-refractivity contribution in [3.05, 3.63) is 12.2 Å². The topological polar surface area (TPSA) is 17.1 Å². The van der Waals surface area contributed by atoms with Crippen molar-refractivity contribution in [1.29, 1.82) is 0 Å². The van der Waals surface area contributed by atoms with Gasteiger partial charge in [0.2, 0.25) is 6.29 Å². The number of hydrogen-bond donors (Lipinski definition) is 0. The second-order valence-electron chi connectivity index (χ2n) is 3.33. The van der Waals surface area contributed by atoms with Gasteiger partial charge in [0.25, 0.3) is 0 Å². The SMILES string of the molecule is C=C([C]=O)CC(CC)CCCC. The molecule has 0 amide bonds. The molecule has 0 aliphatic heterocycles. The molecule has 12 heavy (non-hydrogen) atoms. The van der Waals surface area contributed by atoms with Gasteiger partial charge in [-0.3, -0.25) is 4.79 Å². The van der Waals surface area contributed by atoms with Gasteiger partial charge in [-0.25, -0.2) is 0 Å². The van der Waals surface area contributed by atoms with Crippen LogP contribution >= 0.6 is 0 Å². The smallest absolute Gasteiger partial charge is 0.228 e. The lowest BCUT2D eigenvalue weighted by Crippen LogP contribution is -2.00. The zero-order chi connectivity index (χ0) is 9.40. The first-order valence-electron chi connectivity index (χ1n) is 4.80. The molecule has 0 aliphatic carbocycles. The van der Waals surface area contributed by atoms with Crippen LogP contribution in [0.1, 0.15) is 46.0 Å². The zero-order valence-electron chi connectivity index (χ0n) is 8.23. The molecule has 0 saturated heterocycles. The van der Waals surface area contributed by atoms with E-state index < -0.39 is 0 Å². The minimum Gasteiger partial charge on any atom is -0.285 e. The molecule has 0 bridgehead atoms. The number of unbranched alkanes of at least 4 members (excludes halogenated alkanes) is 1. The van der Waals surface area contributed by atoms with Crippen molar-refractivity contribution in [3.8, 4) is 0 Å². The Hall–Kier alpha value is -0.590. The van der Waals surface area contributed by atoms with Gasteiger partial charge in [-0.2, -0.15) is 0 Å². The van der Waals surface area contributed by atoms with Crippen molar-refractivity contribution in [2.75, 3.05) is 0 Å². The van der Waals surface area contributed by atoms with Gasteiger partial charge in [0.1, 0.15) is 0 Å². The van der Waals surface area contributed by atoms with Gasteiger partial charge in [-0.1, -0.05) is 46.1 Å². The van der Waals surface area contributed by atoms with Gasteiger partial charge in [-0.05, 0) is 17.9 Å². The highest BCUT2D eigenvalue weighted by molar-refractivity contribution is 5.72. The van der Waals surface area contributed by atoms with E-state index in [0.29, 0.717) is 11.5 Å². The van der Waals surface area contributed by atoms with Gasteiger partial charge < -0.3 is 0 Å². The number of hydrogen-bond acceptors (Lipinski definition) is 1. The number of rotatable bonds is 7. The highest BCUT2D eigenvalue weighted by atomic mass is 16.1. The molecule has 0 aromatic carbocycles. The van der Waals surface area contributed by atoms with Crippen LogP contribution in [0.2, 0.25) is 0 Å². The molecular weight excluding hydrogens is 148 g/mol. The zero-order valence-corrected chi connectivity index (χ0v) is 8.23. The maximum atomic E-state index is 10.2. The fourth-order valence-electron chi connectivity index (χ4n) is 1.33. The Kier molecular flexibility index (Phi) is 6.73. The molecule has 0 aromatic rings. The third-order valence-corrected chi connectivity index (χ3v) is 2.22. The summed E-state index contributed by atoms with van der Waals surface area (Å²) >= 11 is 0. The highest BCUT2D eigenvalue weighted by Crippen LogP contribution is 2.19. The summed E-state index contributed by atoms with van der Waals surface area (Å²) in [5.41, 5.74) is 0.623. The fraction of sp³-hybridized carbons (Fsp3) is 0.727. The molecule has 1 unspecified atom stereocenters. The van der Waals surface area contributed by atoms with E-state index in [1.54, 1.807) is 0 Å². The van der Waals surface area contributed by atoms with Gasteiger partial charge in [0.15, 0.2) is 0 Å². The molecule has 0 N–H and O–H groups in total. The summed E-state index contributed by atoms with van der Waals surface area (Å²) in [4.78, 5) is 10.2. The minimum absolute atomic E-state index is 0.623. The Morgan fingerprint density at radius 1 is 1.50 bits per heavy atom. The van der Waals surface area contributed by atoms with Crippen LogP contribution in [0.25, 0.3) is 0 Å². The highest BCUT2D eigenvalue weighted by Gasteiger charge is 2.07. The van der Waals surface area contributed by atoms with Crippen molar-refractivity contribution >= 4 is 6.29 Å². The molecular formula is C11H19O. The Morgan fingerprint density at radius 2 is 2.17 bits per heavy atom. The van der Waals surface area contributed by atoms with Crippen molar-refractivity contribution in [2.45, 2.75) is 46.0 Å². The summed E-state index contributed by atoms with van der Waals surface area (Å²) in [5, 5.41) is 0. The molecule has 0 aliphatic rings. The van der Waals surface area contributed by atoms with Crippen LogP contribution in [-0.4, -0.2) is 6.29 Å². The molecule has 1 heteroatoms. The Bertz CT molecular complexity index is 138. The standard InChI is InChI=1S/C11H19O/c1-4-6-7-11(5-2)8-10(3)9-12/h11H,3-8H2,1-2H3. The third-order valence-electron chi connectivity index (χ3n) is 2.22. The van der Waals surface area contributed by atoms with E-state index in [-0.39, 0.29) is 0 Å². The molecule has 0 saturated carbocycles. The van der Waals surface area contributed by atoms with Crippen molar-refractivity contribution in [1.82, 2.24) is 0 Å². The van der Waals surface area contributed by atoms with Crippen molar-refractivity contribution in [2.24, 2.45) is 5.92 Å². The van der Waals surface area contributed by atoms with Crippen LogP contribution in [0.3, 0.4) is 0 Å². The molecule has 0 rings (SSSR count). The van der Waals surface area contributed by atoms with E-state index in [4.69, 9.17) is 0 Å². The summed E-state index contributed by atoms with van der Waals surface area (Å²) in [5.74, 6) is 0.638. The maximum absolute atomic E-state index is 10.2. The second kappa shape index (κ2) is 7.08. The lowest BCUT2D eigenvalue weighted by atomic mass is 9.93. The van der Waals surface area contributed by atoms with E-state index in [1.807, 2.05) is 6.29 Å². The second-order valence-corrected chi connectivity index (χ2v) is 3.33. The van der Waals surface area contributed by atoms with E-state index in [2.05, 4.69) is 20.4 Å². The molecule has 1 nitrogen and oxygen atoms in total. The fourth-order valence-corrected chi connectivity index (χ4v) is 1.33. The van der Waals surface area contributed by atoms with Crippen LogP contribution in [0.15, 0.2) is 12.2 Å². The first-order valence-corrected chi connectivity index (χ1v) is 4.80. The first kappa shape index (κ1) is 11.4. The van der Waals surface area contributed by atoms with Crippen molar-refractivity contribution < 1.29 is 4.79 Å². The largest absolute Gasteiger partial charge is 0.285 e. The molecule has 0 spiro atoms. The predicted octanol–water partition coefficient (Wildman–Crippen LogP) is 3.26. The molecule has 0 fully saturated rings. The Morgan fingerprint density at radius 3 is 2.58 bits per heavy atom. The van der Waals surface area contributed by atoms with Gasteiger partial charge in [0.05, 0.1) is 0 Å². The summed E-state index contributed by atoms with van der Waals surface area (Å²) in [6.45, 7) is 8.00. The number of carbonyl (C=O) groups excluding carboxylic acids is 1. The third kappa shape index (κ3) is 5.11. The average Bonchev–Trinajstić information content (AvgIpc) is 2.11. The van der Waals surface area contributed by atoms with E-state index in [0.717, 1.165) is 12.8 Å². The predicted molar refractivity (Wildman–Crippen MR) is 52.8 cm³/mol. The number of allylic oxidation sites excluding steroid dienone is 1. The van der Waals surface area contributed by atoms with E-state index >= 15 is 0 Å². The molecule has 1 radical (unpaired) electrons. The molecule has 1 atom stereocenters. The first-order chi connectivity index (χ1) is 5.74. The van der Waals surface area contributed by atoms with Gasteiger partial charge >= 0.3 is 0 Å². The molecule has 0 heterocycles. The summed E-state index contributed by atoms with van der Waals surface area (Å²) < 4.78 is 0. The normalized spacial score (nSPS) is 12.5. The summed E-state index contributed by atoms with van der Waals surface area (Å²) in [6.07, 6.45) is 7.54. The Balaban J connectivity index is 3.66. The minimum atomic E-state index is 0.623. The molecule has 69 valence electrons. The molecule has 0 aromatic heterocycles. The average molecular weight is 167 g/mol.